The van der Waals surface area contributed by atoms with Gasteiger partial charge in [0.05, 0.1) is 18.8 Å². The summed E-state index contributed by atoms with van der Waals surface area (Å²) in [6.45, 7) is 9.56. The molecule has 1 aliphatic rings. The van der Waals surface area contributed by atoms with Gasteiger partial charge in [-0.1, -0.05) is 20.8 Å². The third-order valence-corrected chi connectivity index (χ3v) is 4.28. The highest BCUT2D eigenvalue weighted by atomic mass is 16.5. The first kappa shape index (κ1) is 17.4. The Morgan fingerprint density at radius 1 is 1.36 bits per heavy atom. The number of anilines is 1. The topological polar surface area (TPSA) is 97.1 Å². The van der Waals surface area contributed by atoms with Crippen molar-refractivity contribution in [2.24, 2.45) is 0 Å². The van der Waals surface area contributed by atoms with Crippen LogP contribution < -0.4 is 5.73 Å². The van der Waals surface area contributed by atoms with E-state index in [0.717, 1.165) is 17.1 Å². The van der Waals surface area contributed by atoms with Crippen LogP contribution in [0.2, 0.25) is 0 Å². The number of nitrogens with two attached hydrogens (primary N) is 1. The van der Waals surface area contributed by atoms with E-state index in [1.807, 2.05) is 19.1 Å². The number of hydrogen-bond acceptors (Lipinski definition) is 5. The van der Waals surface area contributed by atoms with Gasteiger partial charge in [-0.15, -0.1) is 0 Å². The van der Waals surface area contributed by atoms with Crippen LogP contribution in [-0.4, -0.2) is 45.7 Å². The number of aryl methyl sites for hydroxylation is 1. The van der Waals surface area contributed by atoms with Crippen molar-refractivity contribution in [3.63, 3.8) is 0 Å². The summed E-state index contributed by atoms with van der Waals surface area (Å²) < 4.78 is 5.81. The molecule has 1 atom stereocenters. The minimum atomic E-state index is -0.277. The lowest BCUT2D eigenvalue weighted by Crippen LogP contribution is -2.42. The first-order chi connectivity index (χ1) is 11.7. The number of rotatable bonds is 2. The number of ether oxygens (including phenoxy) is 1. The molecule has 0 aromatic carbocycles. The molecule has 7 heteroatoms. The normalized spacial score (nSPS) is 18.4. The van der Waals surface area contributed by atoms with Crippen molar-refractivity contribution in [1.82, 2.24) is 20.1 Å². The van der Waals surface area contributed by atoms with Crippen LogP contribution in [0.3, 0.4) is 0 Å². The van der Waals surface area contributed by atoms with Gasteiger partial charge in [-0.2, -0.15) is 5.10 Å². The zero-order valence-corrected chi connectivity index (χ0v) is 15.2. The van der Waals surface area contributed by atoms with Crippen LogP contribution in [0.25, 0.3) is 0 Å². The number of nitrogens with zero attached hydrogens (tertiary/aromatic N) is 3. The maximum absolute atomic E-state index is 12.8. The van der Waals surface area contributed by atoms with E-state index in [9.17, 15) is 4.79 Å². The average Bonchev–Trinajstić information content (AvgIpc) is 3.03. The van der Waals surface area contributed by atoms with E-state index in [0.29, 0.717) is 31.1 Å². The van der Waals surface area contributed by atoms with Crippen molar-refractivity contribution in [3.05, 3.63) is 41.0 Å². The highest BCUT2D eigenvalue weighted by Crippen LogP contribution is 2.25. The molecule has 3 heterocycles. The number of H-pyrrole nitrogens is 1. The lowest BCUT2D eigenvalue weighted by Gasteiger charge is -2.32. The highest BCUT2D eigenvalue weighted by molar-refractivity contribution is 5.92. The molecule has 7 nitrogen and oxygen atoms in total. The molecule has 2 aromatic heterocycles. The van der Waals surface area contributed by atoms with E-state index >= 15 is 0 Å². The molecule has 1 fully saturated rings. The Balaban J connectivity index is 1.76. The van der Waals surface area contributed by atoms with E-state index < -0.39 is 0 Å². The predicted octanol–water partition coefficient (Wildman–Crippen LogP) is 2.21. The van der Waals surface area contributed by atoms with Gasteiger partial charge in [-0.05, 0) is 25.1 Å². The Bertz CT molecular complexity index is 758. The fourth-order valence-electron chi connectivity index (χ4n) is 2.88. The number of nitrogens with one attached hydrogen (secondary N) is 1. The second-order valence-corrected chi connectivity index (χ2v) is 7.49. The highest BCUT2D eigenvalue weighted by Gasteiger charge is 2.29. The largest absolute Gasteiger partial charge is 0.399 e. The van der Waals surface area contributed by atoms with Gasteiger partial charge in [0.1, 0.15) is 11.8 Å². The Morgan fingerprint density at radius 2 is 2.12 bits per heavy atom. The number of carbonyl (C=O) groups is 1. The summed E-state index contributed by atoms with van der Waals surface area (Å²) in [6.07, 6.45) is -0.277. The van der Waals surface area contributed by atoms with Gasteiger partial charge in [-0.25, -0.2) is 0 Å². The molecular formula is C18H25N5O2. The molecule has 1 saturated heterocycles. The average molecular weight is 343 g/mol. The molecule has 25 heavy (non-hydrogen) atoms. The Kier molecular flexibility index (Phi) is 4.51. The van der Waals surface area contributed by atoms with Crippen molar-refractivity contribution in [1.29, 1.82) is 0 Å². The lowest BCUT2D eigenvalue weighted by molar-refractivity contribution is -0.0249. The van der Waals surface area contributed by atoms with Crippen molar-refractivity contribution >= 4 is 11.6 Å². The second kappa shape index (κ2) is 6.48. The fourth-order valence-corrected chi connectivity index (χ4v) is 2.88. The maximum atomic E-state index is 12.8. The number of carbonyl (C=O) groups excluding carboxylic acids is 1. The first-order valence-corrected chi connectivity index (χ1v) is 8.45. The summed E-state index contributed by atoms with van der Waals surface area (Å²) >= 11 is 0. The molecular weight excluding hydrogens is 318 g/mol. The zero-order chi connectivity index (χ0) is 18.2. The van der Waals surface area contributed by atoms with Crippen LogP contribution in [0.15, 0.2) is 18.2 Å². The van der Waals surface area contributed by atoms with Crippen LogP contribution >= 0.6 is 0 Å². The van der Waals surface area contributed by atoms with E-state index in [2.05, 4.69) is 36.0 Å². The number of pyridine rings is 1. The summed E-state index contributed by atoms with van der Waals surface area (Å²) in [5.74, 6) is -0.0966. The third-order valence-electron chi connectivity index (χ3n) is 4.28. The summed E-state index contributed by atoms with van der Waals surface area (Å²) in [5, 5.41) is 7.16. The quantitative estimate of drug-likeness (QED) is 0.871. The van der Waals surface area contributed by atoms with E-state index in [4.69, 9.17) is 10.5 Å². The van der Waals surface area contributed by atoms with Gasteiger partial charge < -0.3 is 15.4 Å². The van der Waals surface area contributed by atoms with Crippen LogP contribution in [0.5, 0.6) is 0 Å². The predicted molar refractivity (Wildman–Crippen MR) is 95.3 cm³/mol. The monoisotopic (exact) mass is 343 g/mol. The standard InChI is InChI=1S/C18H25N5O2/c1-11-7-12(19)8-13(20-11)15-10-23(5-6-25-15)17(24)14-9-16(22-21-14)18(2,3)4/h7-9,15H,5-6,10H2,1-4H3,(H2,19,20)(H,21,22). The molecule has 1 aliphatic heterocycles. The van der Waals surface area contributed by atoms with Gasteiger partial charge in [0.15, 0.2) is 0 Å². The van der Waals surface area contributed by atoms with Gasteiger partial charge in [0.25, 0.3) is 5.91 Å². The van der Waals surface area contributed by atoms with Gasteiger partial charge in [0.2, 0.25) is 0 Å². The number of aromatic amines is 1. The second-order valence-electron chi connectivity index (χ2n) is 7.49. The number of amides is 1. The van der Waals surface area contributed by atoms with E-state index in [1.54, 1.807) is 11.0 Å². The molecule has 0 saturated carbocycles. The van der Waals surface area contributed by atoms with Gasteiger partial charge in [0, 0.05) is 29.0 Å². The smallest absolute Gasteiger partial charge is 0.274 e. The van der Waals surface area contributed by atoms with Crippen LogP contribution in [0.4, 0.5) is 5.69 Å². The molecule has 134 valence electrons. The summed E-state index contributed by atoms with van der Waals surface area (Å²) in [5.41, 5.74) is 9.44. The van der Waals surface area contributed by atoms with E-state index in [-0.39, 0.29) is 17.4 Å². The Hall–Kier alpha value is -2.41. The minimum Gasteiger partial charge on any atom is -0.399 e. The van der Waals surface area contributed by atoms with Crippen LogP contribution in [0, 0.1) is 6.92 Å². The minimum absolute atomic E-state index is 0.0813. The lowest BCUT2D eigenvalue weighted by atomic mass is 9.92. The summed E-state index contributed by atoms with van der Waals surface area (Å²) in [7, 11) is 0. The molecule has 3 rings (SSSR count). The Morgan fingerprint density at radius 3 is 2.76 bits per heavy atom. The zero-order valence-electron chi connectivity index (χ0n) is 15.2. The van der Waals surface area contributed by atoms with Gasteiger partial charge >= 0.3 is 0 Å². The number of hydrogen-bond donors (Lipinski definition) is 2. The van der Waals surface area contributed by atoms with Crippen molar-refractivity contribution in [2.45, 2.75) is 39.2 Å². The molecule has 1 amide bonds. The maximum Gasteiger partial charge on any atom is 0.274 e. The molecule has 0 radical (unpaired) electrons. The number of aromatic nitrogens is 3. The fraction of sp³-hybridized carbons (Fsp3) is 0.500. The number of morpholine rings is 1. The SMILES string of the molecule is Cc1cc(N)cc(C2CN(C(=O)c3cc(C(C)(C)C)[nH]n3)CCO2)n1. The molecule has 2 aromatic rings. The van der Waals surface area contributed by atoms with Crippen LogP contribution in [0.1, 0.15) is 54.4 Å². The van der Waals surface area contributed by atoms with Crippen molar-refractivity contribution in [3.8, 4) is 0 Å². The first-order valence-electron chi connectivity index (χ1n) is 8.45. The summed E-state index contributed by atoms with van der Waals surface area (Å²) in [6, 6.07) is 5.45. The third kappa shape index (κ3) is 3.82. The molecule has 3 N–H and O–H groups in total. The number of nitrogen functional groups attached to an aromatic ring is 1. The molecule has 0 aliphatic carbocycles. The van der Waals surface area contributed by atoms with E-state index in [1.165, 1.54) is 0 Å². The molecule has 1 unspecified atom stereocenters. The van der Waals surface area contributed by atoms with Crippen LogP contribution in [-0.2, 0) is 10.2 Å². The van der Waals surface area contributed by atoms with Crippen molar-refractivity contribution in [2.75, 3.05) is 25.4 Å². The molecule has 0 bridgehead atoms. The van der Waals surface area contributed by atoms with Gasteiger partial charge in [-0.3, -0.25) is 14.9 Å². The summed E-state index contributed by atoms with van der Waals surface area (Å²) in [4.78, 5) is 19.1. The molecule has 0 spiro atoms. The Labute approximate surface area is 147 Å². The van der Waals surface area contributed by atoms with Crippen molar-refractivity contribution < 1.29 is 9.53 Å².